The minimum absolute atomic E-state index is 0.554. The summed E-state index contributed by atoms with van der Waals surface area (Å²) >= 11 is 0. The summed E-state index contributed by atoms with van der Waals surface area (Å²) in [6, 6.07) is 21.6. The van der Waals surface area contributed by atoms with E-state index in [1.165, 1.54) is 0 Å². The molecule has 2 nitrogen and oxygen atoms in total. The lowest BCUT2D eigenvalue weighted by molar-refractivity contribution is 0.195. The lowest BCUT2D eigenvalue weighted by Crippen LogP contribution is -1.96. The van der Waals surface area contributed by atoms with E-state index in [0.717, 1.165) is 22.1 Å². The van der Waals surface area contributed by atoms with E-state index in [1.54, 1.807) is 6.92 Å². The van der Waals surface area contributed by atoms with Crippen molar-refractivity contribution in [1.29, 1.82) is 0 Å². The lowest BCUT2D eigenvalue weighted by Gasteiger charge is -2.14. The molecule has 0 amide bonds. The van der Waals surface area contributed by atoms with E-state index in [0.29, 0.717) is 5.75 Å². The van der Waals surface area contributed by atoms with Gasteiger partial charge in [0.05, 0.1) is 6.10 Å². The third kappa shape index (κ3) is 2.38. The fraction of sp³-hybridized carbons (Fsp3) is 0.111. The molecule has 0 heterocycles. The fourth-order valence-corrected chi connectivity index (χ4v) is 2.32. The molecule has 3 aromatic carbocycles. The van der Waals surface area contributed by atoms with Crippen LogP contribution in [0.1, 0.15) is 18.6 Å². The standard InChI is InChI=1S/C18H16O2/c1-13(19)15-9-4-5-11-17(15)20-18-12-6-8-14-7-2-3-10-16(14)18/h2-13,19H,1H3/t13-/m1/s1. The molecule has 0 aromatic heterocycles. The highest BCUT2D eigenvalue weighted by atomic mass is 16.5. The smallest absolute Gasteiger partial charge is 0.135 e. The highest BCUT2D eigenvalue weighted by Crippen LogP contribution is 2.33. The van der Waals surface area contributed by atoms with Crippen LogP contribution in [0.15, 0.2) is 66.7 Å². The second-order valence-corrected chi connectivity index (χ2v) is 4.79. The SMILES string of the molecule is C[C@@H](O)c1ccccc1Oc1cccc2ccccc12. The number of hydrogen-bond donors (Lipinski definition) is 1. The summed E-state index contributed by atoms with van der Waals surface area (Å²) in [6.45, 7) is 1.74. The number of hydrogen-bond acceptors (Lipinski definition) is 2. The Bertz CT molecular complexity index is 727. The highest BCUT2D eigenvalue weighted by molar-refractivity contribution is 5.88. The second-order valence-electron chi connectivity index (χ2n) is 4.79. The Labute approximate surface area is 118 Å². The number of benzene rings is 3. The summed E-state index contributed by atoms with van der Waals surface area (Å²) < 4.78 is 6.02. The highest BCUT2D eigenvalue weighted by Gasteiger charge is 2.10. The van der Waals surface area contributed by atoms with E-state index in [2.05, 4.69) is 12.1 Å². The van der Waals surface area contributed by atoms with Gasteiger partial charge < -0.3 is 9.84 Å². The molecular formula is C18H16O2. The molecule has 0 aliphatic rings. The van der Waals surface area contributed by atoms with E-state index in [-0.39, 0.29) is 0 Å². The third-order valence-corrected chi connectivity index (χ3v) is 3.34. The Morgan fingerprint density at radius 3 is 2.30 bits per heavy atom. The van der Waals surface area contributed by atoms with Crippen molar-refractivity contribution in [3.8, 4) is 11.5 Å². The van der Waals surface area contributed by atoms with E-state index in [9.17, 15) is 5.11 Å². The van der Waals surface area contributed by atoms with Crippen molar-refractivity contribution in [2.45, 2.75) is 13.0 Å². The lowest BCUT2D eigenvalue weighted by atomic mass is 10.1. The maximum atomic E-state index is 9.82. The molecule has 0 saturated carbocycles. The molecule has 0 unspecified atom stereocenters. The zero-order valence-electron chi connectivity index (χ0n) is 11.3. The van der Waals surface area contributed by atoms with Gasteiger partial charge in [-0.05, 0) is 24.4 Å². The largest absolute Gasteiger partial charge is 0.456 e. The Balaban J connectivity index is 2.06. The van der Waals surface area contributed by atoms with Gasteiger partial charge in [-0.25, -0.2) is 0 Å². The second kappa shape index (κ2) is 5.35. The predicted octanol–water partition coefficient (Wildman–Crippen LogP) is 4.69. The van der Waals surface area contributed by atoms with Gasteiger partial charge in [-0.1, -0.05) is 54.6 Å². The van der Waals surface area contributed by atoms with Crippen LogP contribution < -0.4 is 4.74 Å². The van der Waals surface area contributed by atoms with Crippen molar-refractivity contribution in [1.82, 2.24) is 0 Å². The van der Waals surface area contributed by atoms with Gasteiger partial charge in [0.2, 0.25) is 0 Å². The first kappa shape index (κ1) is 12.7. The molecule has 0 aliphatic carbocycles. The van der Waals surface area contributed by atoms with Gasteiger partial charge in [-0.15, -0.1) is 0 Å². The summed E-state index contributed by atoms with van der Waals surface area (Å²) in [6.07, 6.45) is -0.554. The number of fused-ring (bicyclic) bond motifs is 1. The van der Waals surface area contributed by atoms with Crippen LogP contribution in [-0.2, 0) is 0 Å². The zero-order valence-corrected chi connectivity index (χ0v) is 11.3. The average molecular weight is 264 g/mol. The molecular weight excluding hydrogens is 248 g/mol. The maximum Gasteiger partial charge on any atom is 0.135 e. The van der Waals surface area contributed by atoms with Crippen LogP contribution in [0.3, 0.4) is 0 Å². The van der Waals surface area contributed by atoms with Crippen LogP contribution in [0.25, 0.3) is 10.8 Å². The molecule has 1 N–H and O–H groups in total. The third-order valence-electron chi connectivity index (χ3n) is 3.34. The van der Waals surface area contributed by atoms with Crippen molar-refractivity contribution in [3.63, 3.8) is 0 Å². The van der Waals surface area contributed by atoms with Gasteiger partial charge in [-0.2, -0.15) is 0 Å². The van der Waals surface area contributed by atoms with Crippen molar-refractivity contribution in [2.75, 3.05) is 0 Å². The summed E-state index contributed by atoms with van der Waals surface area (Å²) in [5.74, 6) is 1.50. The molecule has 0 saturated heterocycles. The van der Waals surface area contributed by atoms with E-state index in [1.807, 2.05) is 54.6 Å². The van der Waals surface area contributed by atoms with Crippen molar-refractivity contribution >= 4 is 10.8 Å². The Hall–Kier alpha value is -2.32. The average Bonchev–Trinajstić information content (AvgIpc) is 2.48. The summed E-state index contributed by atoms with van der Waals surface area (Å²) in [5, 5.41) is 12.0. The molecule has 0 spiro atoms. The van der Waals surface area contributed by atoms with E-state index >= 15 is 0 Å². The quantitative estimate of drug-likeness (QED) is 0.744. The summed E-state index contributed by atoms with van der Waals surface area (Å²) in [7, 11) is 0. The van der Waals surface area contributed by atoms with E-state index < -0.39 is 6.10 Å². The molecule has 100 valence electrons. The van der Waals surface area contributed by atoms with Gasteiger partial charge in [0.15, 0.2) is 0 Å². The van der Waals surface area contributed by atoms with Gasteiger partial charge in [-0.3, -0.25) is 0 Å². The first-order valence-corrected chi connectivity index (χ1v) is 6.68. The Morgan fingerprint density at radius 2 is 1.45 bits per heavy atom. The van der Waals surface area contributed by atoms with Crippen LogP contribution in [0.4, 0.5) is 0 Å². The van der Waals surface area contributed by atoms with E-state index in [4.69, 9.17) is 4.74 Å². The topological polar surface area (TPSA) is 29.5 Å². The molecule has 0 bridgehead atoms. The van der Waals surface area contributed by atoms with Gasteiger partial charge in [0, 0.05) is 10.9 Å². The zero-order chi connectivity index (χ0) is 13.9. The van der Waals surface area contributed by atoms with Crippen molar-refractivity contribution < 1.29 is 9.84 Å². The van der Waals surface area contributed by atoms with Crippen molar-refractivity contribution in [2.24, 2.45) is 0 Å². The van der Waals surface area contributed by atoms with Crippen LogP contribution in [0.2, 0.25) is 0 Å². The predicted molar refractivity (Wildman–Crippen MR) is 81.1 cm³/mol. The molecule has 20 heavy (non-hydrogen) atoms. The van der Waals surface area contributed by atoms with Gasteiger partial charge >= 0.3 is 0 Å². The Kier molecular flexibility index (Phi) is 3.40. The fourth-order valence-electron chi connectivity index (χ4n) is 2.32. The Morgan fingerprint density at radius 1 is 0.800 bits per heavy atom. The minimum Gasteiger partial charge on any atom is -0.456 e. The number of rotatable bonds is 3. The normalized spacial score (nSPS) is 12.3. The van der Waals surface area contributed by atoms with Crippen LogP contribution >= 0.6 is 0 Å². The summed E-state index contributed by atoms with van der Waals surface area (Å²) in [5.41, 5.74) is 0.792. The van der Waals surface area contributed by atoms with Gasteiger partial charge in [0.25, 0.3) is 0 Å². The maximum absolute atomic E-state index is 9.82. The number of aliphatic hydroxyl groups excluding tert-OH is 1. The van der Waals surface area contributed by atoms with Crippen LogP contribution in [0, 0.1) is 0 Å². The molecule has 0 fully saturated rings. The van der Waals surface area contributed by atoms with Gasteiger partial charge in [0.1, 0.15) is 11.5 Å². The molecule has 2 heteroatoms. The summed E-state index contributed by atoms with van der Waals surface area (Å²) in [4.78, 5) is 0. The number of ether oxygens (including phenoxy) is 1. The monoisotopic (exact) mass is 264 g/mol. The first-order valence-electron chi connectivity index (χ1n) is 6.68. The number of aliphatic hydroxyl groups is 1. The van der Waals surface area contributed by atoms with Crippen LogP contribution in [0.5, 0.6) is 11.5 Å². The van der Waals surface area contributed by atoms with Crippen molar-refractivity contribution in [3.05, 3.63) is 72.3 Å². The molecule has 3 rings (SSSR count). The molecule has 0 radical (unpaired) electrons. The minimum atomic E-state index is -0.554. The molecule has 0 aliphatic heterocycles. The number of para-hydroxylation sites is 1. The molecule has 1 atom stereocenters. The van der Waals surface area contributed by atoms with Crippen LogP contribution in [-0.4, -0.2) is 5.11 Å². The molecule has 3 aromatic rings. The first-order chi connectivity index (χ1) is 9.75.